The summed E-state index contributed by atoms with van der Waals surface area (Å²) in [6, 6.07) is 0. The molecule has 3 heterocycles. The predicted molar refractivity (Wildman–Crippen MR) is 97.0 cm³/mol. The van der Waals surface area contributed by atoms with Gasteiger partial charge in [0.2, 0.25) is 0 Å². The molecule has 0 radical (unpaired) electrons. The molecule has 1 aliphatic rings. The highest BCUT2D eigenvalue weighted by Crippen LogP contribution is 2.36. The maximum atomic E-state index is 12.4. The first kappa shape index (κ1) is 17.1. The van der Waals surface area contributed by atoms with Crippen LogP contribution in [0.5, 0.6) is 0 Å². The van der Waals surface area contributed by atoms with E-state index in [1.54, 1.807) is 13.4 Å². The molecule has 0 saturated carbocycles. The lowest BCUT2D eigenvalue weighted by atomic mass is 9.99. The molecule has 1 aliphatic heterocycles. The van der Waals surface area contributed by atoms with Crippen LogP contribution in [0.1, 0.15) is 35.0 Å². The van der Waals surface area contributed by atoms with Crippen molar-refractivity contribution < 1.29 is 9.53 Å². The third-order valence-electron chi connectivity index (χ3n) is 4.59. The van der Waals surface area contributed by atoms with Crippen molar-refractivity contribution in [1.29, 1.82) is 0 Å². The lowest BCUT2D eigenvalue weighted by Gasteiger charge is -2.31. The number of rotatable bonds is 5. The summed E-state index contributed by atoms with van der Waals surface area (Å²) < 4.78 is 4.98. The molecule has 1 fully saturated rings. The Hall–Kier alpha value is -1.73. The number of nitrogens with zero attached hydrogens (tertiary/aromatic N) is 3. The number of methoxy groups -OCH3 is 1. The average Bonchev–Trinajstić information content (AvgIpc) is 2.93. The number of amides is 1. The van der Waals surface area contributed by atoms with Crippen molar-refractivity contribution in [1.82, 2.24) is 15.3 Å². The first-order valence-electron chi connectivity index (χ1n) is 8.38. The van der Waals surface area contributed by atoms with Gasteiger partial charge in [-0.05, 0) is 31.2 Å². The molecule has 1 amide bonds. The molecule has 0 unspecified atom stereocenters. The number of fused-ring (bicyclic) bond motifs is 1. The van der Waals surface area contributed by atoms with Crippen LogP contribution in [-0.4, -0.2) is 49.2 Å². The van der Waals surface area contributed by atoms with Crippen LogP contribution in [0.4, 0.5) is 5.82 Å². The lowest BCUT2D eigenvalue weighted by Crippen LogP contribution is -2.33. The number of hydrogen-bond acceptors (Lipinski definition) is 6. The molecule has 0 atom stereocenters. The van der Waals surface area contributed by atoms with E-state index in [1.165, 1.54) is 24.2 Å². The topological polar surface area (TPSA) is 67.3 Å². The minimum atomic E-state index is -0.0641. The van der Waals surface area contributed by atoms with Gasteiger partial charge in [-0.3, -0.25) is 4.79 Å². The SMILES string of the molecule is COCCNC(=O)c1sc2ncnc(N3CCC(C)CC3)c2c1C. The molecular weight excluding hydrogens is 324 g/mol. The summed E-state index contributed by atoms with van der Waals surface area (Å²) in [7, 11) is 1.62. The van der Waals surface area contributed by atoms with E-state index in [9.17, 15) is 4.79 Å². The second kappa shape index (κ2) is 7.44. The summed E-state index contributed by atoms with van der Waals surface area (Å²) in [4.78, 5) is 25.3. The standard InChI is InChI=1S/C17H24N4O2S/c1-11-4-7-21(8-5-11)15-13-12(2)14(16(22)18-6-9-23-3)24-17(13)20-10-19-15/h10-11H,4-9H2,1-3H3,(H,18,22). The number of carbonyl (C=O) groups excluding carboxylic acids is 1. The van der Waals surface area contributed by atoms with Crippen molar-refractivity contribution in [2.75, 3.05) is 38.3 Å². The molecule has 0 aliphatic carbocycles. The number of ether oxygens (including phenoxy) is 1. The molecule has 1 N–H and O–H groups in total. The molecule has 130 valence electrons. The minimum Gasteiger partial charge on any atom is -0.383 e. The smallest absolute Gasteiger partial charge is 0.261 e. The van der Waals surface area contributed by atoms with Gasteiger partial charge < -0.3 is 15.0 Å². The molecule has 7 heteroatoms. The number of nitrogens with one attached hydrogen (secondary N) is 1. The van der Waals surface area contributed by atoms with E-state index in [4.69, 9.17) is 4.74 Å². The number of piperidine rings is 1. The fourth-order valence-electron chi connectivity index (χ4n) is 3.08. The minimum absolute atomic E-state index is 0.0641. The predicted octanol–water partition coefficient (Wildman–Crippen LogP) is 2.61. The van der Waals surface area contributed by atoms with Crippen LogP contribution in [0.15, 0.2) is 6.33 Å². The third kappa shape index (κ3) is 3.37. The summed E-state index contributed by atoms with van der Waals surface area (Å²) in [5, 5.41) is 3.91. The van der Waals surface area contributed by atoms with Crippen LogP contribution < -0.4 is 10.2 Å². The summed E-state index contributed by atoms with van der Waals surface area (Å²) in [6.45, 7) is 7.32. The molecular formula is C17H24N4O2S. The Balaban J connectivity index is 1.91. The van der Waals surface area contributed by atoms with Crippen LogP contribution in [0.2, 0.25) is 0 Å². The fraction of sp³-hybridized carbons (Fsp3) is 0.588. The number of thiophene rings is 1. The van der Waals surface area contributed by atoms with Gasteiger partial charge in [0.1, 0.15) is 17.0 Å². The Labute approximate surface area is 146 Å². The Bertz CT molecular complexity index is 723. The highest BCUT2D eigenvalue weighted by Gasteiger charge is 2.23. The number of hydrogen-bond donors (Lipinski definition) is 1. The zero-order valence-electron chi connectivity index (χ0n) is 14.5. The number of aromatic nitrogens is 2. The average molecular weight is 348 g/mol. The van der Waals surface area contributed by atoms with Crippen molar-refractivity contribution >= 4 is 33.3 Å². The van der Waals surface area contributed by atoms with Gasteiger partial charge in [-0.1, -0.05) is 6.92 Å². The summed E-state index contributed by atoms with van der Waals surface area (Å²) in [6.07, 6.45) is 3.97. The molecule has 3 rings (SSSR count). The molecule has 0 aromatic carbocycles. The second-order valence-corrected chi connectivity index (χ2v) is 7.35. The van der Waals surface area contributed by atoms with Gasteiger partial charge in [-0.15, -0.1) is 11.3 Å². The van der Waals surface area contributed by atoms with E-state index in [0.717, 1.165) is 40.6 Å². The van der Waals surface area contributed by atoms with Gasteiger partial charge in [-0.25, -0.2) is 9.97 Å². The monoisotopic (exact) mass is 348 g/mol. The van der Waals surface area contributed by atoms with E-state index >= 15 is 0 Å². The van der Waals surface area contributed by atoms with Gasteiger partial charge in [0.15, 0.2) is 0 Å². The molecule has 2 aromatic heterocycles. The maximum absolute atomic E-state index is 12.4. The highest BCUT2D eigenvalue weighted by molar-refractivity contribution is 7.20. The highest BCUT2D eigenvalue weighted by atomic mass is 32.1. The Kier molecular flexibility index (Phi) is 5.30. The number of aryl methyl sites for hydroxylation is 1. The van der Waals surface area contributed by atoms with Gasteiger partial charge in [0.25, 0.3) is 5.91 Å². The largest absolute Gasteiger partial charge is 0.383 e. The zero-order valence-corrected chi connectivity index (χ0v) is 15.3. The van der Waals surface area contributed by atoms with Crippen molar-refractivity contribution in [2.24, 2.45) is 5.92 Å². The van der Waals surface area contributed by atoms with Gasteiger partial charge in [0, 0.05) is 26.7 Å². The lowest BCUT2D eigenvalue weighted by molar-refractivity contribution is 0.0940. The Morgan fingerprint density at radius 3 is 2.88 bits per heavy atom. The van der Waals surface area contributed by atoms with Crippen LogP contribution in [0.25, 0.3) is 10.2 Å². The van der Waals surface area contributed by atoms with E-state index in [0.29, 0.717) is 18.0 Å². The van der Waals surface area contributed by atoms with Gasteiger partial charge in [0.05, 0.1) is 16.9 Å². The molecule has 24 heavy (non-hydrogen) atoms. The molecule has 0 bridgehead atoms. The van der Waals surface area contributed by atoms with Crippen LogP contribution in [-0.2, 0) is 4.74 Å². The quantitative estimate of drug-likeness (QED) is 0.841. The van der Waals surface area contributed by atoms with Crippen molar-refractivity contribution in [3.63, 3.8) is 0 Å². The Morgan fingerprint density at radius 1 is 1.42 bits per heavy atom. The molecule has 6 nitrogen and oxygen atoms in total. The van der Waals surface area contributed by atoms with E-state index in [1.807, 2.05) is 6.92 Å². The molecule has 0 spiro atoms. The Morgan fingerprint density at radius 2 is 2.17 bits per heavy atom. The summed E-state index contributed by atoms with van der Waals surface area (Å²) >= 11 is 1.44. The summed E-state index contributed by atoms with van der Waals surface area (Å²) in [5.41, 5.74) is 0.971. The van der Waals surface area contributed by atoms with Crippen LogP contribution in [0.3, 0.4) is 0 Å². The van der Waals surface area contributed by atoms with Crippen molar-refractivity contribution in [2.45, 2.75) is 26.7 Å². The first-order valence-corrected chi connectivity index (χ1v) is 9.19. The van der Waals surface area contributed by atoms with Crippen molar-refractivity contribution in [3.05, 3.63) is 16.8 Å². The van der Waals surface area contributed by atoms with Gasteiger partial charge in [-0.2, -0.15) is 0 Å². The number of carbonyl (C=O) groups is 1. The molecule has 1 saturated heterocycles. The van der Waals surface area contributed by atoms with Gasteiger partial charge >= 0.3 is 0 Å². The van der Waals surface area contributed by atoms with Crippen LogP contribution >= 0.6 is 11.3 Å². The fourth-order valence-corrected chi connectivity index (χ4v) is 4.14. The van der Waals surface area contributed by atoms with E-state index in [-0.39, 0.29) is 5.91 Å². The van der Waals surface area contributed by atoms with Crippen LogP contribution in [0, 0.1) is 12.8 Å². The maximum Gasteiger partial charge on any atom is 0.261 e. The number of anilines is 1. The third-order valence-corrected chi connectivity index (χ3v) is 5.79. The van der Waals surface area contributed by atoms with E-state index in [2.05, 4.69) is 27.1 Å². The zero-order chi connectivity index (χ0) is 17.1. The second-order valence-electron chi connectivity index (χ2n) is 6.35. The van der Waals surface area contributed by atoms with E-state index < -0.39 is 0 Å². The normalized spacial score (nSPS) is 15.9. The first-order chi connectivity index (χ1) is 11.6. The molecule has 2 aromatic rings. The summed E-state index contributed by atoms with van der Waals surface area (Å²) in [5.74, 6) is 1.67. The van der Waals surface area contributed by atoms with Crippen molar-refractivity contribution in [3.8, 4) is 0 Å².